The highest BCUT2D eigenvalue weighted by atomic mass is 16.5. The van der Waals surface area contributed by atoms with Crippen LogP contribution in [0.5, 0.6) is 5.75 Å². The number of benzene rings is 2. The molecule has 0 aliphatic heterocycles. The molecule has 0 aliphatic rings. The molecule has 0 saturated carbocycles. The number of methoxy groups -OCH3 is 2. The van der Waals surface area contributed by atoms with Crippen LogP contribution in [0, 0.1) is 6.92 Å². The number of hydrogen-bond acceptors (Lipinski definition) is 6. The molecular weight excluding hydrogens is 436 g/mol. The monoisotopic (exact) mass is 464 g/mol. The number of nitrogens with zero attached hydrogens (tertiary/aromatic N) is 1. The van der Waals surface area contributed by atoms with Gasteiger partial charge in [-0.1, -0.05) is 0 Å². The van der Waals surface area contributed by atoms with Gasteiger partial charge in [0.25, 0.3) is 0 Å². The van der Waals surface area contributed by atoms with Crippen molar-refractivity contribution in [3.05, 3.63) is 70.9 Å². The summed E-state index contributed by atoms with van der Waals surface area (Å²) in [6.07, 6.45) is 0.659. The lowest BCUT2D eigenvalue weighted by atomic mass is 10.1. The molecule has 34 heavy (non-hydrogen) atoms. The Kier molecular flexibility index (Phi) is 7.73. The van der Waals surface area contributed by atoms with Crippen molar-refractivity contribution in [2.75, 3.05) is 20.8 Å². The lowest BCUT2D eigenvalue weighted by Crippen LogP contribution is -2.13. The minimum Gasteiger partial charge on any atom is -0.496 e. The first kappa shape index (κ1) is 24.6. The van der Waals surface area contributed by atoms with Crippen LogP contribution in [0.2, 0.25) is 0 Å². The van der Waals surface area contributed by atoms with E-state index in [2.05, 4.69) is 0 Å². The molecule has 1 aromatic heterocycles. The van der Waals surface area contributed by atoms with Gasteiger partial charge in [-0.15, -0.1) is 0 Å². The van der Waals surface area contributed by atoms with E-state index in [-0.39, 0.29) is 12.4 Å². The first-order valence-corrected chi connectivity index (χ1v) is 10.8. The van der Waals surface area contributed by atoms with E-state index in [0.717, 1.165) is 28.2 Å². The third-order valence-electron chi connectivity index (χ3n) is 5.47. The topological polar surface area (TPSA) is 110 Å². The Morgan fingerprint density at radius 2 is 1.71 bits per heavy atom. The van der Waals surface area contributed by atoms with E-state index in [1.54, 1.807) is 37.3 Å². The molecule has 0 saturated heterocycles. The number of rotatable bonds is 9. The van der Waals surface area contributed by atoms with Gasteiger partial charge in [-0.05, 0) is 74.4 Å². The predicted octanol–water partition coefficient (Wildman–Crippen LogP) is 3.84. The van der Waals surface area contributed by atoms with Crippen LogP contribution in [0.15, 0.2) is 48.5 Å². The molecule has 0 radical (unpaired) electrons. The zero-order chi connectivity index (χ0) is 24.8. The van der Waals surface area contributed by atoms with Crippen LogP contribution >= 0.6 is 0 Å². The molecule has 178 valence electrons. The number of esters is 2. The van der Waals surface area contributed by atoms with Crippen LogP contribution in [0.3, 0.4) is 0 Å². The van der Waals surface area contributed by atoms with Crippen molar-refractivity contribution in [2.45, 2.75) is 26.7 Å². The summed E-state index contributed by atoms with van der Waals surface area (Å²) in [4.78, 5) is 35.7. The summed E-state index contributed by atoms with van der Waals surface area (Å²) >= 11 is 0. The minimum atomic E-state index is -0.509. The number of carbonyl (C=O) groups excluding carboxylic acids is 3. The van der Waals surface area contributed by atoms with Crippen molar-refractivity contribution in [2.24, 2.45) is 5.73 Å². The molecule has 3 rings (SSSR count). The standard InChI is InChI=1S/C26H28N2O6/c1-5-34-24(29)13-9-19-8-12-22(20-10-6-18(26(31)33-4)15-23(20)32-3)28(19)21-11-7-17(25(27)30)14-16(21)2/h6-8,10-12,14-15H,5,9,13H2,1-4H3,(H2,27,30). The van der Waals surface area contributed by atoms with E-state index < -0.39 is 11.9 Å². The Balaban J connectivity index is 2.16. The fraction of sp³-hybridized carbons (Fsp3) is 0.269. The number of nitrogens with two attached hydrogens (primary N) is 1. The van der Waals surface area contributed by atoms with E-state index in [1.807, 2.05) is 29.7 Å². The lowest BCUT2D eigenvalue weighted by molar-refractivity contribution is -0.143. The van der Waals surface area contributed by atoms with Gasteiger partial charge in [0, 0.05) is 22.5 Å². The van der Waals surface area contributed by atoms with Crippen LogP contribution in [0.4, 0.5) is 0 Å². The summed E-state index contributed by atoms with van der Waals surface area (Å²) in [5.41, 5.74) is 10.3. The van der Waals surface area contributed by atoms with Crippen molar-refractivity contribution >= 4 is 17.8 Å². The number of carbonyl (C=O) groups is 3. The molecule has 0 aliphatic carbocycles. The summed E-state index contributed by atoms with van der Waals surface area (Å²) in [7, 11) is 2.85. The SMILES string of the molecule is CCOC(=O)CCc1ccc(-c2ccc(C(=O)OC)cc2OC)n1-c1ccc(C(N)=O)cc1C. The maximum atomic E-state index is 12.0. The third kappa shape index (κ3) is 5.11. The van der Waals surface area contributed by atoms with Crippen molar-refractivity contribution in [1.29, 1.82) is 0 Å². The Bertz CT molecular complexity index is 1230. The average Bonchev–Trinajstić information content (AvgIpc) is 3.25. The molecule has 3 aromatic rings. The Morgan fingerprint density at radius 1 is 0.971 bits per heavy atom. The second-order valence-electron chi connectivity index (χ2n) is 7.62. The van der Waals surface area contributed by atoms with Gasteiger partial charge in [-0.3, -0.25) is 9.59 Å². The molecule has 0 atom stereocenters. The highest BCUT2D eigenvalue weighted by molar-refractivity contribution is 5.93. The van der Waals surface area contributed by atoms with E-state index in [1.165, 1.54) is 14.2 Å². The van der Waals surface area contributed by atoms with Gasteiger partial charge in [0.15, 0.2) is 0 Å². The van der Waals surface area contributed by atoms with Gasteiger partial charge in [-0.2, -0.15) is 0 Å². The van der Waals surface area contributed by atoms with Crippen molar-refractivity contribution < 1.29 is 28.6 Å². The molecule has 8 heteroatoms. The average molecular weight is 465 g/mol. The molecule has 1 amide bonds. The number of aromatic nitrogens is 1. The number of hydrogen-bond donors (Lipinski definition) is 1. The van der Waals surface area contributed by atoms with Crippen molar-refractivity contribution in [3.8, 4) is 22.7 Å². The molecule has 0 unspecified atom stereocenters. The van der Waals surface area contributed by atoms with Crippen LogP contribution < -0.4 is 10.5 Å². The summed E-state index contributed by atoms with van der Waals surface area (Å²) in [5.74, 6) is -0.763. The summed E-state index contributed by atoms with van der Waals surface area (Å²) in [5, 5.41) is 0. The molecule has 0 fully saturated rings. The van der Waals surface area contributed by atoms with Crippen molar-refractivity contribution in [1.82, 2.24) is 4.57 Å². The van der Waals surface area contributed by atoms with Gasteiger partial charge in [-0.25, -0.2) is 4.79 Å². The van der Waals surface area contributed by atoms with E-state index in [4.69, 9.17) is 19.9 Å². The quantitative estimate of drug-likeness (QED) is 0.482. The Morgan fingerprint density at radius 3 is 2.32 bits per heavy atom. The molecule has 0 spiro atoms. The molecule has 0 bridgehead atoms. The Labute approximate surface area is 198 Å². The number of amides is 1. The third-order valence-corrected chi connectivity index (χ3v) is 5.47. The van der Waals surface area contributed by atoms with E-state index >= 15 is 0 Å². The largest absolute Gasteiger partial charge is 0.496 e. The maximum Gasteiger partial charge on any atom is 0.337 e. The minimum absolute atomic E-state index is 0.216. The molecule has 2 aromatic carbocycles. The summed E-state index contributed by atoms with van der Waals surface area (Å²) in [6, 6.07) is 14.2. The van der Waals surface area contributed by atoms with Crippen LogP contribution in [-0.2, 0) is 20.7 Å². The predicted molar refractivity (Wildman–Crippen MR) is 127 cm³/mol. The summed E-state index contributed by atoms with van der Waals surface area (Å²) < 4.78 is 17.5. The molecule has 1 heterocycles. The first-order valence-electron chi connectivity index (χ1n) is 10.8. The van der Waals surface area contributed by atoms with Crippen LogP contribution in [-0.4, -0.2) is 43.2 Å². The Hall–Kier alpha value is -4.07. The fourth-order valence-electron chi connectivity index (χ4n) is 3.84. The second-order valence-corrected chi connectivity index (χ2v) is 7.62. The lowest BCUT2D eigenvalue weighted by Gasteiger charge is -2.18. The van der Waals surface area contributed by atoms with Crippen molar-refractivity contribution in [3.63, 3.8) is 0 Å². The fourth-order valence-corrected chi connectivity index (χ4v) is 3.84. The van der Waals surface area contributed by atoms with E-state index in [0.29, 0.717) is 29.9 Å². The van der Waals surface area contributed by atoms with Gasteiger partial charge < -0.3 is 24.5 Å². The number of primary amides is 1. The zero-order valence-corrected chi connectivity index (χ0v) is 19.7. The highest BCUT2D eigenvalue weighted by Crippen LogP contribution is 2.35. The molecule has 2 N–H and O–H groups in total. The first-order chi connectivity index (χ1) is 16.3. The number of ether oxygens (including phenoxy) is 3. The highest BCUT2D eigenvalue weighted by Gasteiger charge is 2.19. The summed E-state index contributed by atoms with van der Waals surface area (Å²) in [6.45, 7) is 3.98. The van der Waals surface area contributed by atoms with Gasteiger partial charge in [0.05, 0.1) is 38.5 Å². The number of aryl methyl sites for hydroxylation is 2. The zero-order valence-electron chi connectivity index (χ0n) is 19.7. The molecular formula is C26H28N2O6. The van der Waals surface area contributed by atoms with E-state index in [9.17, 15) is 14.4 Å². The van der Waals surface area contributed by atoms with Gasteiger partial charge in [0.2, 0.25) is 5.91 Å². The normalized spacial score (nSPS) is 10.6. The van der Waals surface area contributed by atoms with Crippen LogP contribution in [0.25, 0.3) is 16.9 Å². The van der Waals surface area contributed by atoms with Crippen LogP contribution in [0.1, 0.15) is 45.3 Å². The second kappa shape index (κ2) is 10.7. The molecule has 8 nitrogen and oxygen atoms in total. The smallest absolute Gasteiger partial charge is 0.337 e. The maximum absolute atomic E-state index is 12.0. The van der Waals surface area contributed by atoms with Gasteiger partial charge in [0.1, 0.15) is 5.75 Å². The van der Waals surface area contributed by atoms with Gasteiger partial charge >= 0.3 is 11.9 Å².